The predicted octanol–water partition coefficient (Wildman–Crippen LogP) is 5.93. The van der Waals surface area contributed by atoms with E-state index in [1.165, 1.54) is 0 Å². The molecule has 7 nitrogen and oxygen atoms in total. The molecule has 1 N–H and O–H groups in total. The summed E-state index contributed by atoms with van der Waals surface area (Å²) in [5.41, 5.74) is -5.91. The van der Waals surface area contributed by atoms with E-state index in [-0.39, 0.29) is 42.3 Å². The zero-order valence-corrected chi connectivity index (χ0v) is 18.6. The Kier molecular flexibility index (Phi) is 7.82. The summed E-state index contributed by atoms with van der Waals surface area (Å²) in [5.74, 6) is -1.20. The van der Waals surface area contributed by atoms with Gasteiger partial charge < -0.3 is 10.1 Å². The van der Waals surface area contributed by atoms with Crippen LogP contribution in [0, 0.1) is 10.1 Å². The lowest BCUT2D eigenvalue weighted by atomic mass is 9.96. The first-order chi connectivity index (χ1) is 15.9. The Hall–Kier alpha value is -3.64. The van der Waals surface area contributed by atoms with Gasteiger partial charge in [0.05, 0.1) is 16.1 Å². The number of alkyl halides is 6. The second-order valence-corrected chi connectivity index (χ2v) is 8.40. The number of nitro groups is 1. The molecule has 2 rings (SSSR count). The van der Waals surface area contributed by atoms with E-state index < -0.39 is 57.1 Å². The minimum absolute atomic E-state index is 0.0695. The fourth-order valence-corrected chi connectivity index (χ4v) is 2.97. The largest absolute Gasteiger partial charge is 0.444 e. The van der Waals surface area contributed by atoms with Crippen molar-refractivity contribution in [3.8, 4) is 0 Å². The van der Waals surface area contributed by atoms with Gasteiger partial charge in [0, 0.05) is 29.3 Å². The summed E-state index contributed by atoms with van der Waals surface area (Å²) in [4.78, 5) is 35.1. The van der Waals surface area contributed by atoms with E-state index in [0.717, 1.165) is 18.2 Å². The molecule has 0 saturated carbocycles. The Morgan fingerprint density at radius 1 is 0.914 bits per heavy atom. The normalized spacial score (nSPS) is 12.3. The number of nitrogens with one attached hydrogen (secondary N) is 1. The van der Waals surface area contributed by atoms with Crippen molar-refractivity contribution in [1.29, 1.82) is 0 Å². The molecule has 0 aliphatic rings. The van der Waals surface area contributed by atoms with E-state index in [2.05, 4.69) is 5.32 Å². The van der Waals surface area contributed by atoms with Crippen molar-refractivity contribution in [3.05, 3.63) is 74.3 Å². The predicted molar refractivity (Wildman–Crippen MR) is 111 cm³/mol. The number of hydrogen-bond acceptors (Lipinski definition) is 5. The average molecular weight is 506 g/mol. The summed E-state index contributed by atoms with van der Waals surface area (Å²) in [6, 6.07) is 3.28. The third kappa shape index (κ3) is 7.69. The van der Waals surface area contributed by atoms with Crippen molar-refractivity contribution in [1.82, 2.24) is 5.32 Å². The van der Waals surface area contributed by atoms with Gasteiger partial charge in [-0.25, -0.2) is 4.79 Å². The van der Waals surface area contributed by atoms with Crippen LogP contribution in [0.3, 0.4) is 0 Å². The SMILES string of the molecule is CC(C)(C)OC(=O)NCCc1cc(C(=O)c2cc(C(F)(F)F)cc(C(F)(F)F)c2)ccc1[N+](=O)[O-]. The highest BCUT2D eigenvalue weighted by Crippen LogP contribution is 2.37. The highest BCUT2D eigenvalue weighted by atomic mass is 19.4. The van der Waals surface area contributed by atoms with Gasteiger partial charge >= 0.3 is 18.4 Å². The molecule has 0 spiro atoms. The lowest BCUT2D eigenvalue weighted by Crippen LogP contribution is -2.33. The molecule has 0 aliphatic carbocycles. The summed E-state index contributed by atoms with van der Waals surface area (Å²) >= 11 is 0. The third-order valence-corrected chi connectivity index (χ3v) is 4.45. The fraction of sp³-hybridized carbons (Fsp3) is 0.364. The molecule has 0 fully saturated rings. The van der Waals surface area contributed by atoms with Gasteiger partial charge in [-0.1, -0.05) is 0 Å². The van der Waals surface area contributed by atoms with Gasteiger partial charge in [0.25, 0.3) is 5.69 Å². The van der Waals surface area contributed by atoms with E-state index in [9.17, 15) is 46.0 Å². The van der Waals surface area contributed by atoms with Gasteiger partial charge in [-0.15, -0.1) is 0 Å². The first kappa shape index (κ1) is 27.6. The van der Waals surface area contributed by atoms with Gasteiger partial charge in [0.1, 0.15) is 5.60 Å². The van der Waals surface area contributed by atoms with Crippen LogP contribution in [-0.2, 0) is 23.5 Å². The van der Waals surface area contributed by atoms with Gasteiger partial charge in [-0.2, -0.15) is 26.3 Å². The van der Waals surface area contributed by atoms with E-state index in [1.54, 1.807) is 20.8 Å². The topological polar surface area (TPSA) is 98.5 Å². The van der Waals surface area contributed by atoms with Crippen molar-refractivity contribution < 1.29 is 45.6 Å². The fourth-order valence-electron chi connectivity index (χ4n) is 2.97. The minimum Gasteiger partial charge on any atom is -0.444 e. The number of halogens is 6. The molecular formula is C22H20F6N2O5. The van der Waals surface area contributed by atoms with Crippen LogP contribution in [0.5, 0.6) is 0 Å². The highest BCUT2D eigenvalue weighted by Gasteiger charge is 2.37. The molecular weight excluding hydrogens is 486 g/mol. The summed E-state index contributed by atoms with van der Waals surface area (Å²) < 4.78 is 83.7. The summed E-state index contributed by atoms with van der Waals surface area (Å²) in [6.07, 6.45) is -11.3. The van der Waals surface area contributed by atoms with Crippen LogP contribution in [-0.4, -0.2) is 28.9 Å². The molecule has 0 heterocycles. The van der Waals surface area contributed by atoms with Crippen LogP contribution in [0.4, 0.5) is 36.8 Å². The molecule has 1 amide bonds. The number of amides is 1. The third-order valence-electron chi connectivity index (χ3n) is 4.45. The van der Waals surface area contributed by atoms with Crippen molar-refractivity contribution in [2.24, 2.45) is 0 Å². The second kappa shape index (κ2) is 9.92. The number of carbonyl (C=O) groups excluding carboxylic acids is 2. The number of rotatable bonds is 6. The maximum atomic E-state index is 13.1. The number of alkyl carbamates (subject to hydrolysis) is 1. The van der Waals surface area contributed by atoms with Crippen LogP contribution in [0.1, 0.15) is 53.4 Å². The van der Waals surface area contributed by atoms with E-state index in [1.807, 2.05) is 0 Å². The minimum atomic E-state index is -5.15. The number of ketones is 1. The molecule has 2 aromatic rings. The maximum Gasteiger partial charge on any atom is 0.416 e. The Bertz CT molecular complexity index is 1100. The monoisotopic (exact) mass is 506 g/mol. The summed E-state index contributed by atoms with van der Waals surface area (Å²) in [5, 5.41) is 13.7. The lowest BCUT2D eigenvalue weighted by Gasteiger charge is -2.19. The number of benzene rings is 2. The molecule has 0 aliphatic heterocycles. The van der Waals surface area contributed by atoms with Crippen molar-refractivity contribution in [2.75, 3.05) is 6.54 Å². The zero-order valence-electron chi connectivity index (χ0n) is 18.6. The van der Waals surface area contributed by atoms with E-state index in [4.69, 9.17) is 4.74 Å². The molecule has 0 saturated heterocycles. The van der Waals surface area contributed by atoms with Gasteiger partial charge in [-0.3, -0.25) is 14.9 Å². The van der Waals surface area contributed by atoms with Crippen molar-refractivity contribution in [2.45, 2.75) is 45.1 Å². The molecule has 0 radical (unpaired) electrons. The Balaban J connectivity index is 2.40. The van der Waals surface area contributed by atoms with Gasteiger partial charge in [0.15, 0.2) is 5.78 Å². The molecule has 0 unspecified atom stereocenters. The standard InChI is InChI=1S/C22H20F6N2O5/c1-20(2,3)35-19(32)29-7-6-12-8-13(4-5-17(12)30(33)34)18(31)14-9-15(21(23,24)25)11-16(10-14)22(26,27)28/h4-5,8-11H,6-7H2,1-3H3,(H,29,32). The molecule has 13 heteroatoms. The Morgan fingerprint density at radius 2 is 1.46 bits per heavy atom. The van der Waals surface area contributed by atoms with Crippen LogP contribution >= 0.6 is 0 Å². The summed E-state index contributed by atoms with van der Waals surface area (Å²) in [6.45, 7) is 4.69. The Labute approximate surface area is 195 Å². The molecule has 35 heavy (non-hydrogen) atoms. The highest BCUT2D eigenvalue weighted by molar-refractivity contribution is 6.09. The Morgan fingerprint density at radius 3 is 1.91 bits per heavy atom. The van der Waals surface area contributed by atoms with Gasteiger partial charge in [0.2, 0.25) is 0 Å². The quantitative estimate of drug-likeness (QED) is 0.227. The maximum absolute atomic E-state index is 13.1. The summed E-state index contributed by atoms with van der Waals surface area (Å²) in [7, 11) is 0. The van der Waals surface area contributed by atoms with Crippen LogP contribution < -0.4 is 5.32 Å². The number of nitro benzene ring substituents is 1. The molecule has 2 aromatic carbocycles. The van der Waals surface area contributed by atoms with Crippen molar-refractivity contribution in [3.63, 3.8) is 0 Å². The lowest BCUT2D eigenvalue weighted by molar-refractivity contribution is -0.385. The van der Waals surface area contributed by atoms with Crippen LogP contribution in [0.15, 0.2) is 36.4 Å². The molecule has 0 aromatic heterocycles. The van der Waals surface area contributed by atoms with E-state index in [0.29, 0.717) is 0 Å². The van der Waals surface area contributed by atoms with Crippen LogP contribution in [0.25, 0.3) is 0 Å². The van der Waals surface area contributed by atoms with Gasteiger partial charge in [-0.05, 0) is 57.5 Å². The van der Waals surface area contributed by atoms with Crippen LogP contribution in [0.2, 0.25) is 0 Å². The molecule has 0 atom stereocenters. The number of hydrogen-bond donors (Lipinski definition) is 1. The number of nitrogens with zero attached hydrogens (tertiary/aromatic N) is 1. The van der Waals surface area contributed by atoms with Crippen molar-refractivity contribution >= 4 is 17.6 Å². The second-order valence-electron chi connectivity index (χ2n) is 8.40. The smallest absolute Gasteiger partial charge is 0.416 e. The van der Waals surface area contributed by atoms with E-state index >= 15 is 0 Å². The molecule has 190 valence electrons. The number of ether oxygens (including phenoxy) is 1. The zero-order chi connectivity index (χ0) is 26.8. The average Bonchev–Trinajstić information content (AvgIpc) is 2.70. The molecule has 0 bridgehead atoms. The number of carbonyl (C=O) groups is 2. The first-order valence-corrected chi connectivity index (χ1v) is 9.97. The first-order valence-electron chi connectivity index (χ1n) is 9.97.